The minimum Gasteiger partial charge on any atom is -0.317 e. The van der Waals surface area contributed by atoms with Gasteiger partial charge in [-0.05, 0) is 91.2 Å². The molecule has 0 spiro atoms. The number of hydrogen-bond donors (Lipinski definition) is 1. The number of nitrogens with one attached hydrogen (secondary N) is 1. The summed E-state index contributed by atoms with van der Waals surface area (Å²) in [6.07, 6.45) is 5.49. The average molecular weight is 331 g/mol. The zero-order valence-corrected chi connectivity index (χ0v) is 13.5. The molecular weight excluding hydrogens is 308 g/mol. The maximum Gasteiger partial charge on any atom is 0.0701 e. The Balaban J connectivity index is 1.60. The Bertz CT molecular complexity index is 347. The molecule has 0 bridgehead atoms. The lowest BCUT2D eigenvalue weighted by atomic mass is 9.93. The lowest BCUT2D eigenvalue weighted by molar-refractivity contribution is 0.286. The fourth-order valence-corrected chi connectivity index (χ4v) is 3.84. The van der Waals surface area contributed by atoms with Gasteiger partial charge in [0.15, 0.2) is 0 Å². The normalized spacial score (nSPS) is 17.5. The molecule has 0 amide bonds. The van der Waals surface area contributed by atoms with Crippen LogP contribution in [0.3, 0.4) is 0 Å². The van der Waals surface area contributed by atoms with Gasteiger partial charge in [-0.2, -0.15) is 0 Å². The van der Waals surface area contributed by atoms with Crippen molar-refractivity contribution in [1.82, 2.24) is 10.2 Å². The fourth-order valence-electron chi connectivity index (χ4n) is 2.64. The van der Waals surface area contributed by atoms with Gasteiger partial charge in [-0.25, -0.2) is 0 Å². The molecule has 2 rings (SSSR count). The highest BCUT2D eigenvalue weighted by molar-refractivity contribution is 9.11. The third kappa shape index (κ3) is 5.00. The second kappa shape index (κ2) is 7.63. The Morgan fingerprint density at radius 1 is 1.44 bits per heavy atom. The molecule has 1 saturated heterocycles. The first-order valence-electron chi connectivity index (χ1n) is 6.86. The molecule has 0 saturated carbocycles. The van der Waals surface area contributed by atoms with Gasteiger partial charge in [0.25, 0.3) is 0 Å². The van der Waals surface area contributed by atoms with Crippen LogP contribution < -0.4 is 5.32 Å². The van der Waals surface area contributed by atoms with E-state index < -0.39 is 0 Å². The summed E-state index contributed by atoms with van der Waals surface area (Å²) in [5.41, 5.74) is 1.43. The molecule has 0 aromatic carbocycles. The SMILES string of the molecule is CN(CCCC1CCNCC1)Cc1csc(Br)c1. The van der Waals surface area contributed by atoms with Crippen LogP contribution in [0.2, 0.25) is 0 Å². The quantitative estimate of drug-likeness (QED) is 0.855. The summed E-state index contributed by atoms with van der Waals surface area (Å²) in [6.45, 7) is 4.75. The Morgan fingerprint density at radius 2 is 2.22 bits per heavy atom. The molecule has 1 aliphatic heterocycles. The molecule has 0 aliphatic carbocycles. The van der Waals surface area contributed by atoms with Gasteiger partial charge in [0.05, 0.1) is 3.79 Å². The van der Waals surface area contributed by atoms with Crippen LogP contribution in [0, 0.1) is 5.92 Å². The van der Waals surface area contributed by atoms with Crippen molar-refractivity contribution < 1.29 is 0 Å². The molecule has 0 unspecified atom stereocenters. The number of rotatable bonds is 6. The number of hydrogen-bond acceptors (Lipinski definition) is 3. The molecule has 2 heterocycles. The topological polar surface area (TPSA) is 15.3 Å². The standard InChI is InChI=1S/C14H23BrN2S/c1-17(10-13-9-14(15)18-11-13)8-2-3-12-4-6-16-7-5-12/h9,11-12,16H,2-8,10H2,1H3. The van der Waals surface area contributed by atoms with Crippen LogP contribution in [-0.4, -0.2) is 31.6 Å². The third-order valence-corrected chi connectivity index (χ3v) is 5.24. The van der Waals surface area contributed by atoms with E-state index in [1.807, 2.05) is 0 Å². The van der Waals surface area contributed by atoms with E-state index in [9.17, 15) is 0 Å². The van der Waals surface area contributed by atoms with Crippen molar-refractivity contribution >= 4 is 27.3 Å². The minimum atomic E-state index is 0.968. The van der Waals surface area contributed by atoms with Crippen molar-refractivity contribution in [2.24, 2.45) is 5.92 Å². The summed E-state index contributed by atoms with van der Waals surface area (Å²) in [5.74, 6) is 0.968. The Kier molecular flexibility index (Phi) is 6.15. The number of piperidine rings is 1. The van der Waals surface area contributed by atoms with Gasteiger partial charge in [0, 0.05) is 6.54 Å². The van der Waals surface area contributed by atoms with Gasteiger partial charge in [0.1, 0.15) is 0 Å². The lowest BCUT2D eigenvalue weighted by Gasteiger charge is -2.23. The summed E-state index contributed by atoms with van der Waals surface area (Å²) >= 11 is 5.30. The highest BCUT2D eigenvalue weighted by atomic mass is 79.9. The van der Waals surface area contributed by atoms with Crippen LogP contribution in [0.25, 0.3) is 0 Å². The van der Waals surface area contributed by atoms with Crippen LogP contribution in [0.1, 0.15) is 31.2 Å². The Labute approximate surface area is 123 Å². The monoisotopic (exact) mass is 330 g/mol. The molecule has 18 heavy (non-hydrogen) atoms. The predicted octanol–water partition coefficient (Wildman–Crippen LogP) is 3.72. The van der Waals surface area contributed by atoms with Gasteiger partial charge in [-0.15, -0.1) is 11.3 Å². The van der Waals surface area contributed by atoms with E-state index in [2.05, 4.69) is 44.6 Å². The molecule has 1 N–H and O–H groups in total. The smallest absolute Gasteiger partial charge is 0.0701 e. The van der Waals surface area contributed by atoms with Crippen molar-refractivity contribution in [1.29, 1.82) is 0 Å². The van der Waals surface area contributed by atoms with E-state index in [0.29, 0.717) is 0 Å². The van der Waals surface area contributed by atoms with E-state index in [0.717, 1.165) is 12.5 Å². The van der Waals surface area contributed by atoms with Gasteiger partial charge in [0.2, 0.25) is 0 Å². The molecule has 4 heteroatoms. The van der Waals surface area contributed by atoms with Crippen LogP contribution in [0.5, 0.6) is 0 Å². The first kappa shape index (κ1) is 14.5. The second-order valence-corrected chi connectivity index (χ2v) is 7.62. The lowest BCUT2D eigenvalue weighted by Crippen LogP contribution is -2.28. The first-order chi connectivity index (χ1) is 8.74. The Morgan fingerprint density at radius 3 is 2.89 bits per heavy atom. The molecule has 102 valence electrons. The van der Waals surface area contributed by atoms with E-state index in [1.165, 1.54) is 54.7 Å². The first-order valence-corrected chi connectivity index (χ1v) is 8.53. The molecule has 1 aromatic heterocycles. The highest BCUT2D eigenvalue weighted by Gasteiger charge is 2.12. The fraction of sp³-hybridized carbons (Fsp3) is 0.714. The van der Waals surface area contributed by atoms with E-state index in [1.54, 1.807) is 11.3 Å². The summed E-state index contributed by atoms with van der Waals surface area (Å²) in [4.78, 5) is 2.44. The molecule has 1 fully saturated rings. The maximum absolute atomic E-state index is 3.52. The molecule has 2 nitrogen and oxygen atoms in total. The molecule has 0 atom stereocenters. The number of halogens is 1. The summed E-state index contributed by atoms with van der Waals surface area (Å²) in [6, 6.07) is 2.23. The summed E-state index contributed by atoms with van der Waals surface area (Å²) < 4.78 is 1.24. The number of nitrogens with zero attached hydrogens (tertiary/aromatic N) is 1. The van der Waals surface area contributed by atoms with Gasteiger partial charge >= 0.3 is 0 Å². The molecular formula is C14H23BrN2S. The molecule has 1 aliphatic rings. The van der Waals surface area contributed by atoms with Crippen LogP contribution in [0.15, 0.2) is 15.2 Å². The summed E-state index contributed by atoms with van der Waals surface area (Å²) in [5, 5.41) is 5.68. The van der Waals surface area contributed by atoms with Crippen molar-refractivity contribution in [2.75, 3.05) is 26.7 Å². The van der Waals surface area contributed by atoms with Gasteiger partial charge in [-0.1, -0.05) is 0 Å². The molecule has 0 radical (unpaired) electrons. The van der Waals surface area contributed by atoms with Crippen molar-refractivity contribution in [3.63, 3.8) is 0 Å². The largest absolute Gasteiger partial charge is 0.317 e. The van der Waals surface area contributed by atoms with E-state index in [4.69, 9.17) is 0 Å². The maximum atomic E-state index is 3.52. The Hall–Kier alpha value is 0.100. The van der Waals surface area contributed by atoms with Crippen LogP contribution >= 0.6 is 27.3 Å². The van der Waals surface area contributed by atoms with Crippen molar-refractivity contribution in [3.05, 3.63) is 20.8 Å². The van der Waals surface area contributed by atoms with Crippen LogP contribution in [-0.2, 0) is 6.54 Å². The second-order valence-electron chi connectivity index (χ2n) is 5.33. The van der Waals surface area contributed by atoms with Crippen molar-refractivity contribution in [2.45, 2.75) is 32.2 Å². The molecule has 1 aromatic rings. The predicted molar refractivity (Wildman–Crippen MR) is 83.2 cm³/mol. The number of thiophene rings is 1. The highest BCUT2D eigenvalue weighted by Crippen LogP contribution is 2.22. The third-order valence-electron chi connectivity index (χ3n) is 3.69. The zero-order valence-electron chi connectivity index (χ0n) is 11.1. The minimum absolute atomic E-state index is 0.968. The summed E-state index contributed by atoms with van der Waals surface area (Å²) in [7, 11) is 2.23. The zero-order chi connectivity index (χ0) is 12.8. The van der Waals surface area contributed by atoms with E-state index in [-0.39, 0.29) is 0 Å². The van der Waals surface area contributed by atoms with Crippen molar-refractivity contribution in [3.8, 4) is 0 Å². The van der Waals surface area contributed by atoms with Gasteiger partial charge in [-0.3, -0.25) is 0 Å². The van der Waals surface area contributed by atoms with Crippen LogP contribution in [0.4, 0.5) is 0 Å². The van der Waals surface area contributed by atoms with Gasteiger partial charge < -0.3 is 10.2 Å². The average Bonchev–Trinajstić information content (AvgIpc) is 2.76. The van der Waals surface area contributed by atoms with E-state index >= 15 is 0 Å².